The highest BCUT2D eigenvalue weighted by atomic mass is 16.3. The van der Waals surface area contributed by atoms with Crippen LogP contribution in [0.2, 0.25) is 0 Å². The van der Waals surface area contributed by atoms with E-state index in [9.17, 15) is 0 Å². The molecule has 0 saturated heterocycles. The fourth-order valence-electron chi connectivity index (χ4n) is 17.7. The molecule has 5 atom stereocenters. The first-order valence-corrected chi connectivity index (χ1v) is 30.4. The maximum absolute atomic E-state index is 7.82. The number of fused-ring (bicyclic) bond motifs is 15. The summed E-state index contributed by atoms with van der Waals surface area (Å²) in [7, 11) is 0. The van der Waals surface area contributed by atoms with Crippen LogP contribution >= 0.6 is 0 Å². The molecule has 2 bridgehead atoms. The van der Waals surface area contributed by atoms with Gasteiger partial charge in [0.1, 0.15) is 5.58 Å². The molecule has 14 rings (SSSR count). The van der Waals surface area contributed by atoms with Crippen molar-refractivity contribution in [2.24, 2.45) is 5.41 Å². The standard InChI is InChI=1S/C74H87BN2O/c1-66(2,3)45-20-24-48(25-21-45)76-58-29-23-47(68(7,8)9)39-57(58)75-63-59(76)36-44(62-50-27-22-46(67(4,5)6)38-53(50)73(16)30-18-19-31-74(62,73)17)37-60(63)77(49-26-28-52-54(40-49)70(12,13)33-32-69(52,10)11)64-51-41-55-56(42-61(51)78-65(64)75)72(15)35-34-71(55,14)43-72/h20-29,36-42,62H,18-19,30-35,43H2,1-17H3. The summed E-state index contributed by atoms with van der Waals surface area (Å²) in [5.41, 5.74) is 27.6. The number of anilines is 6. The van der Waals surface area contributed by atoms with Crippen LogP contribution in [-0.4, -0.2) is 6.71 Å². The second-order valence-corrected chi connectivity index (χ2v) is 31.8. The molecule has 3 nitrogen and oxygen atoms in total. The first-order chi connectivity index (χ1) is 36.5. The van der Waals surface area contributed by atoms with Crippen molar-refractivity contribution in [3.8, 4) is 0 Å². The van der Waals surface area contributed by atoms with Crippen molar-refractivity contribution in [1.29, 1.82) is 0 Å². The summed E-state index contributed by atoms with van der Waals surface area (Å²) in [4.78, 5) is 5.42. The van der Waals surface area contributed by atoms with Crippen LogP contribution < -0.4 is 26.4 Å². The van der Waals surface area contributed by atoms with E-state index in [4.69, 9.17) is 4.42 Å². The van der Waals surface area contributed by atoms with Gasteiger partial charge in [-0.05, 0) is 215 Å². The van der Waals surface area contributed by atoms with Crippen molar-refractivity contribution in [1.82, 2.24) is 0 Å². The molecule has 402 valence electrons. The van der Waals surface area contributed by atoms with E-state index in [0.717, 1.165) is 17.7 Å². The quantitative estimate of drug-likeness (QED) is 0.164. The molecule has 7 aromatic rings. The zero-order chi connectivity index (χ0) is 55.0. The summed E-state index contributed by atoms with van der Waals surface area (Å²) >= 11 is 0. The number of rotatable bonds is 3. The molecule has 4 heteroatoms. The van der Waals surface area contributed by atoms with E-state index in [2.05, 4.69) is 231 Å². The van der Waals surface area contributed by atoms with Gasteiger partial charge in [-0.25, -0.2) is 0 Å². The number of benzene rings is 6. The average molecular weight is 1030 g/mol. The van der Waals surface area contributed by atoms with Gasteiger partial charge in [0.15, 0.2) is 0 Å². The molecule has 0 N–H and O–H groups in total. The van der Waals surface area contributed by atoms with Crippen molar-refractivity contribution in [2.75, 3.05) is 9.80 Å². The highest BCUT2D eigenvalue weighted by molar-refractivity contribution is 7.00. The highest BCUT2D eigenvalue weighted by Crippen LogP contribution is 2.68. The second kappa shape index (κ2) is 15.7. The molecule has 0 amide bonds. The summed E-state index contributed by atoms with van der Waals surface area (Å²) < 4.78 is 7.82. The third kappa shape index (κ3) is 6.82. The van der Waals surface area contributed by atoms with Gasteiger partial charge in [-0.3, -0.25) is 0 Å². The lowest BCUT2D eigenvalue weighted by Gasteiger charge is -2.50. The van der Waals surface area contributed by atoms with Crippen LogP contribution in [0.3, 0.4) is 0 Å². The Kier molecular flexibility index (Phi) is 10.2. The van der Waals surface area contributed by atoms with Crippen LogP contribution in [0.1, 0.15) is 237 Å². The molecule has 5 unspecified atom stereocenters. The van der Waals surface area contributed by atoms with Gasteiger partial charge >= 0.3 is 0 Å². The van der Waals surface area contributed by atoms with Crippen molar-refractivity contribution < 1.29 is 4.42 Å². The monoisotopic (exact) mass is 1030 g/mol. The van der Waals surface area contributed by atoms with E-state index in [-0.39, 0.29) is 61.4 Å². The van der Waals surface area contributed by atoms with E-state index in [0.29, 0.717) is 0 Å². The van der Waals surface area contributed by atoms with Crippen molar-refractivity contribution in [2.45, 2.75) is 225 Å². The van der Waals surface area contributed by atoms with Crippen LogP contribution in [0, 0.1) is 5.41 Å². The second-order valence-electron chi connectivity index (χ2n) is 31.8. The summed E-state index contributed by atoms with van der Waals surface area (Å²) in [5, 5.41) is 1.26. The number of hydrogen-bond donors (Lipinski definition) is 0. The molecule has 7 aliphatic rings. The van der Waals surface area contributed by atoms with Crippen LogP contribution in [0.15, 0.2) is 108 Å². The average Bonchev–Trinajstić information content (AvgIpc) is 3.91. The molecule has 6 aromatic carbocycles. The first kappa shape index (κ1) is 50.7. The topological polar surface area (TPSA) is 19.6 Å². The van der Waals surface area contributed by atoms with Crippen molar-refractivity contribution in [3.05, 3.63) is 159 Å². The fraction of sp³-hybridized carbons (Fsp3) is 0.486. The minimum atomic E-state index is -0.128. The predicted octanol–water partition coefficient (Wildman–Crippen LogP) is 18.5. The minimum absolute atomic E-state index is 0.0116. The van der Waals surface area contributed by atoms with Crippen LogP contribution in [0.25, 0.3) is 11.0 Å². The van der Waals surface area contributed by atoms with Gasteiger partial charge in [0.05, 0.1) is 11.3 Å². The minimum Gasteiger partial charge on any atom is -0.468 e. The van der Waals surface area contributed by atoms with Crippen molar-refractivity contribution >= 4 is 68.4 Å². The molecular formula is C74H87BN2O. The smallest absolute Gasteiger partial charge is 0.297 e. The van der Waals surface area contributed by atoms with Gasteiger partial charge in [-0.2, -0.15) is 0 Å². The predicted molar refractivity (Wildman–Crippen MR) is 332 cm³/mol. The van der Waals surface area contributed by atoms with Crippen LogP contribution in [-0.2, 0) is 43.3 Å². The zero-order valence-corrected chi connectivity index (χ0v) is 50.6. The highest BCUT2D eigenvalue weighted by Gasteiger charge is 2.60. The van der Waals surface area contributed by atoms with E-state index >= 15 is 0 Å². The van der Waals surface area contributed by atoms with Crippen LogP contribution in [0.4, 0.5) is 34.1 Å². The Morgan fingerprint density at radius 1 is 0.487 bits per heavy atom. The SMILES string of the molecule is CC(C)(C)c1ccc(N2c3ccc(C(C)(C)C)cc3B3c4oc5cc6c(cc5c4N(c4ccc5c(c4)C(C)(C)CCC5(C)C)c4cc(C5c7ccc(C(C)(C)C)cc7C7(C)CCCCC57C)cc2c43)C2(C)CCC6(C)C2)cc1. The lowest BCUT2D eigenvalue weighted by atomic mass is 9.35. The van der Waals surface area contributed by atoms with Gasteiger partial charge in [0, 0.05) is 39.7 Å². The van der Waals surface area contributed by atoms with E-state index in [1.165, 1.54) is 146 Å². The Balaban J connectivity index is 1.13. The third-order valence-electron chi connectivity index (χ3n) is 22.8. The number of hydrogen-bond acceptors (Lipinski definition) is 3. The summed E-state index contributed by atoms with van der Waals surface area (Å²) in [6, 6.07) is 43.0. The van der Waals surface area contributed by atoms with E-state index in [1.807, 2.05) is 0 Å². The van der Waals surface area contributed by atoms with Gasteiger partial charge in [-0.15, -0.1) is 0 Å². The molecule has 1 aromatic heterocycles. The summed E-state index contributed by atoms with van der Waals surface area (Å²) in [5.74, 6) is 0.203. The summed E-state index contributed by atoms with van der Waals surface area (Å²) in [6.07, 6.45) is 11.0. The first-order valence-electron chi connectivity index (χ1n) is 30.4. The number of furan rings is 1. The van der Waals surface area contributed by atoms with Gasteiger partial charge in [0.25, 0.3) is 6.71 Å². The van der Waals surface area contributed by atoms with E-state index < -0.39 is 0 Å². The van der Waals surface area contributed by atoms with Gasteiger partial charge in [-0.1, -0.05) is 179 Å². The molecule has 78 heavy (non-hydrogen) atoms. The van der Waals surface area contributed by atoms with Crippen LogP contribution in [0.5, 0.6) is 0 Å². The molecule has 2 aliphatic heterocycles. The lowest BCUT2D eigenvalue weighted by molar-refractivity contribution is 0.0923. The Morgan fingerprint density at radius 2 is 1.06 bits per heavy atom. The van der Waals surface area contributed by atoms with Gasteiger partial charge in [0.2, 0.25) is 0 Å². The molecule has 2 fully saturated rings. The maximum Gasteiger partial charge on any atom is 0.297 e. The lowest BCUT2D eigenvalue weighted by Crippen LogP contribution is -2.61. The zero-order valence-electron chi connectivity index (χ0n) is 50.6. The fourth-order valence-corrected chi connectivity index (χ4v) is 17.7. The summed E-state index contributed by atoms with van der Waals surface area (Å²) in [6.45, 7) is 41.5. The van der Waals surface area contributed by atoms with Crippen molar-refractivity contribution in [3.63, 3.8) is 0 Å². The molecule has 0 radical (unpaired) electrons. The third-order valence-corrected chi connectivity index (χ3v) is 22.8. The number of nitrogens with zero attached hydrogens (tertiary/aromatic N) is 2. The Bertz CT molecular complexity index is 3720. The Morgan fingerprint density at radius 3 is 1.73 bits per heavy atom. The van der Waals surface area contributed by atoms with Gasteiger partial charge < -0.3 is 14.2 Å². The normalized spacial score (nSPS) is 27.0. The molecule has 0 spiro atoms. The Hall–Kier alpha value is -5.48. The molecule has 5 aliphatic carbocycles. The largest absolute Gasteiger partial charge is 0.468 e. The molecule has 3 heterocycles. The Labute approximate surface area is 469 Å². The maximum atomic E-state index is 7.82. The molecule has 2 saturated carbocycles. The molecular weight excluding hydrogens is 944 g/mol. The van der Waals surface area contributed by atoms with E-state index in [1.54, 1.807) is 11.1 Å².